The summed E-state index contributed by atoms with van der Waals surface area (Å²) in [6.45, 7) is 7.46. The average molecular weight is 392 g/mol. The number of amides is 1. The lowest BCUT2D eigenvalue weighted by Crippen LogP contribution is -2.40. The van der Waals surface area contributed by atoms with E-state index in [1.54, 1.807) is 19.1 Å². The van der Waals surface area contributed by atoms with Gasteiger partial charge in [0.2, 0.25) is 0 Å². The predicted molar refractivity (Wildman–Crippen MR) is 107 cm³/mol. The van der Waals surface area contributed by atoms with Crippen LogP contribution >= 0.6 is 0 Å². The highest BCUT2D eigenvalue weighted by molar-refractivity contribution is 7.90. The van der Waals surface area contributed by atoms with Crippen molar-refractivity contribution in [1.29, 1.82) is 0 Å². The zero-order valence-electron chi connectivity index (χ0n) is 16.4. The molecule has 146 valence electrons. The fourth-order valence-corrected chi connectivity index (χ4v) is 4.20. The minimum absolute atomic E-state index is 0.0270. The summed E-state index contributed by atoms with van der Waals surface area (Å²) >= 11 is -1.17. The molecule has 7 heteroatoms. The van der Waals surface area contributed by atoms with E-state index in [1.165, 1.54) is 6.07 Å². The SMILES string of the molecule is Cc1cc(NC(=O)c2c3c(cn2C)C(N[S@+]([O-])C(C)(C)C)CC3)ccc1F. The molecular formula is C20H26FN3O2S. The third kappa shape index (κ3) is 4.05. The van der Waals surface area contributed by atoms with Gasteiger partial charge in [0.05, 0.1) is 6.04 Å². The van der Waals surface area contributed by atoms with Gasteiger partial charge in [-0.2, -0.15) is 0 Å². The third-order valence-corrected chi connectivity index (χ3v) is 6.43. The van der Waals surface area contributed by atoms with Crippen molar-refractivity contribution in [2.45, 2.75) is 51.3 Å². The molecule has 0 spiro atoms. The highest BCUT2D eigenvalue weighted by Gasteiger charge is 2.36. The molecular weight excluding hydrogens is 365 g/mol. The van der Waals surface area contributed by atoms with Crippen molar-refractivity contribution >= 4 is 23.0 Å². The van der Waals surface area contributed by atoms with E-state index in [1.807, 2.05) is 38.6 Å². The fraction of sp³-hybridized carbons (Fsp3) is 0.450. The molecule has 3 rings (SSSR count). The highest BCUT2D eigenvalue weighted by Crippen LogP contribution is 2.36. The maximum absolute atomic E-state index is 13.4. The van der Waals surface area contributed by atoms with Crippen molar-refractivity contribution in [1.82, 2.24) is 9.29 Å². The Balaban J connectivity index is 1.81. The Hall–Kier alpha value is -1.83. The predicted octanol–water partition coefficient (Wildman–Crippen LogP) is 3.76. The Morgan fingerprint density at radius 3 is 2.70 bits per heavy atom. The van der Waals surface area contributed by atoms with Crippen molar-refractivity contribution in [2.75, 3.05) is 5.32 Å². The first-order valence-corrected chi connectivity index (χ1v) is 10.2. The van der Waals surface area contributed by atoms with Crippen LogP contribution in [0.5, 0.6) is 0 Å². The van der Waals surface area contributed by atoms with Crippen molar-refractivity contribution < 1.29 is 13.7 Å². The maximum Gasteiger partial charge on any atom is 0.272 e. The zero-order valence-corrected chi connectivity index (χ0v) is 17.2. The van der Waals surface area contributed by atoms with Gasteiger partial charge in [-0.05, 0) is 75.4 Å². The van der Waals surface area contributed by atoms with Gasteiger partial charge < -0.3 is 14.4 Å². The first kappa shape index (κ1) is 19.9. The van der Waals surface area contributed by atoms with Crippen LogP contribution in [0.1, 0.15) is 60.4 Å². The molecule has 1 amide bonds. The summed E-state index contributed by atoms with van der Waals surface area (Å²) in [4.78, 5) is 12.8. The molecule has 1 aliphatic carbocycles. The van der Waals surface area contributed by atoms with Crippen LogP contribution in [0.2, 0.25) is 0 Å². The summed E-state index contributed by atoms with van der Waals surface area (Å²) in [5, 5.41) is 2.86. The van der Waals surface area contributed by atoms with Crippen LogP contribution in [-0.2, 0) is 24.8 Å². The van der Waals surface area contributed by atoms with Crippen LogP contribution in [0.25, 0.3) is 0 Å². The van der Waals surface area contributed by atoms with Gasteiger partial charge in [0, 0.05) is 30.3 Å². The summed E-state index contributed by atoms with van der Waals surface area (Å²) < 4.78 is 30.5. The van der Waals surface area contributed by atoms with E-state index in [0.29, 0.717) is 16.9 Å². The van der Waals surface area contributed by atoms with Crippen LogP contribution in [-0.4, -0.2) is 19.8 Å². The summed E-state index contributed by atoms with van der Waals surface area (Å²) in [5.41, 5.74) is 3.65. The average Bonchev–Trinajstić information content (AvgIpc) is 3.08. The van der Waals surface area contributed by atoms with Gasteiger partial charge in [-0.15, -0.1) is 4.72 Å². The maximum atomic E-state index is 13.4. The molecule has 0 fully saturated rings. The molecule has 2 N–H and O–H groups in total. The van der Waals surface area contributed by atoms with Crippen LogP contribution < -0.4 is 10.0 Å². The summed E-state index contributed by atoms with van der Waals surface area (Å²) in [6, 6.07) is 4.50. The number of nitrogens with one attached hydrogen (secondary N) is 2. The highest BCUT2D eigenvalue weighted by atomic mass is 32.2. The first-order valence-electron chi connectivity index (χ1n) is 9.01. The van der Waals surface area contributed by atoms with E-state index in [9.17, 15) is 13.7 Å². The minimum Gasteiger partial charge on any atom is -0.598 e. The van der Waals surface area contributed by atoms with Gasteiger partial charge in [0.1, 0.15) is 16.3 Å². The van der Waals surface area contributed by atoms with Gasteiger partial charge in [-0.1, -0.05) is 0 Å². The summed E-state index contributed by atoms with van der Waals surface area (Å²) in [7, 11) is 1.83. The molecule has 1 aliphatic rings. The number of carbonyl (C=O) groups excluding carboxylic acids is 1. The fourth-order valence-electron chi connectivity index (χ4n) is 3.35. The lowest BCUT2D eigenvalue weighted by Gasteiger charge is -2.26. The Bertz CT molecular complexity index is 873. The molecule has 27 heavy (non-hydrogen) atoms. The van der Waals surface area contributed by atoms with Crippen molar-refractivity contribution in [3.8, 4) is 0 Å². The number of hydrogen-bond acceptors (Lipinski definition) is 3. The largest absolute Gasteiger partial charge is 0.598 e. The molecule has 0 aliphatic heterocycles. The standard InChI is InChI=1S/C20H26FN3O2S/c1-12-10-13(6-8-16(12)21)22-19(25)18-14-7-9-17(15(14)11-24(18)5)23-27(26)20(2,3)4/h6,8,10-11,17,23H,7,9H2,1-5H3,(H,22,25)/t17?,27-/m1/s1. The number of nitrogens with zero attached hydrogens (tertiary/aromatic N) is 1. The number of halogens is 1. The molecule has 0 saturated carbocycles. The van der Waals surface area contributed by atoms with Crippen LogP contribution in [0.4, 0.5) is 10.1 Å². The smallest absolute Gasteiger partial charge is 0.272 e. The molecule has 5 nitrogen and oxygen atoms in total. The normalized spacial score (nSPS) is 17.7. The van der Waals surface area contributed by atoms with Crippen LogP contribution in [0, 0.1) is 12.7 Å². The Morgan fingerprint density at radius 2 is 2.07 bits per heavy atom. The zero-order chi connectivity index (χ0) is 19.9. The van der Waals surface area contributed by atoms with Gasteiger partial charge in [0.15, 0.2) is 0 Å². The number of hydrogen-bond donors (Lipinski definition) is 2. The van der Waals surface area contributed by atoms with E-state index >= 15 is 0 Å². The summed E-state index contributed by atoms with van der Waals surface area (Å²) in [5.74, 6) is -0.518. The number of fused-ring (bicyclic) bond motifs is 1. The molecule has 0 radical (unpaired) electrons. The number of anilines is 1. The monoisotopic (exact) mass is 391 g/mol. The quantitative estimate of drug-likeness (QED) is 0.780. The lowest BCUT2D eigenvalue weighted by molar-refractivity contribution is 0.101. The second-order valence-electron chi connectivity index (χ2n) is 8.03. The van der Waals surface area contributed by atoms with Gasteiger partial charge in [0.25, 0.3) is 5.91 Å². The molecule has 0 saturated heterocycles. The Morgan fingerprint density at radius 1 is 1.37 bits per heavy atom. The van der Waals surface area contributed by atoms with Crippen molar-refractivity contribution in [3.05, 3.63) is 52.6 Å². The Labute approximate surface area is 162 Å². The van der Waals surface area contributed by atoms with E-state index in [4.69, 9.17) is 0 Å². The number of rotatable bonds is 4. The van der Waals surface area contributed by atoms with Gasteiger partial charge in [-0.25, -0.2) is 4.39 Å². The van der Waals surface area contributed by atoms with Crippen LogP contribution in [0.3, 0.4) is 0 Å². The van der Waals surface area contributed by atoms with Crippen molar-refractivity contribution in [3.63, 3.8) is 0 Å². The van der Waals surface area contributed by atoms with E-state index in [0.717, 1.165) is 24.0 Å². The number of benzene rings is 1. The van der Waals surface area contributed by atoms with Gasteiger partial charge >= 0.3 is 0 Å². The molecule has 1 aromatic carbocycles. The number of aryl methyl sites for hydroxylation is 2. The minimum atomic E-state index is -1.17. The van der Waals surface area contributed by atoms with E-state index < -0.39 is 11.4 Å². The summed E-state index contributed by atoms with van der Waals surface area (Å²) in [6.07, 6.45) is 3.49. The second kappa shape index (κ2) is 7.30. The molecule has 0 bridgehead atoms. The van der Waals surface area contributed by atoms with Crippen LogP contribution in [0.15, 0.2) is 24.4 Å². The molecule has 1 aromatic heterocycles. The molecule has 2 atom stereocenters. The Kier molecular flexibility index (Phi) is 5.38. The van der Waals surface area contributed by atoms with E-state index in [2.05, 4.69) is 10.0 Å². The first-order chi connectivity index (χ1) is 12.6. The van der Waals surface area contributed by atoms with Crippen molar-refractivity contribution in [2.24, 2.45) is 7.05 Å². The van der Waals surface area contributed by atoms with Gasteiger partial charge in [-0.3, -0.25) is 4.79 Å². The molecule has 1 unspecified atom stereocenters. The number of aromatic nitrogens is 1. The lowest BCUT2D eigenvalue weighted by atomic mass is 10.1. The molecule has 2 aromatic rings. The second-order valence-corrected chi connectivity index (χ2v) is 10.0. The molecule has 1 heterocycles. The third-order valence-electron chi connectivity index (χ3n) is 4.81. The topological polar surface area (TPSA) is 69.1 Å². The van der Waals surface area contributed by atoms with E-state index in [-0.39, 0.29) is 22.5 Å². The number of carbonyl (C=O) groups is 1.